The van der Waals surface area contributed by atoms with E-state index in [1.807, 2.05) is 16.2 Å². The highest BCUT2D eigenvalue weighted by atomic mass is 32.1. The number of urea groups is 1. The summed E-state index contributed by atoms with van der Waals surface area (Å²) in [5.41, 5.74) is 2.71. The Labute approximate surface area is 171 Å². The standard InChI is InChI=1S/C22H30N4OS/c27-22(26-11-7-21-20(18-26)8-16-28-21)23-9-4-10-24-12-14-25(15-13-24)17-19-5-2-1-3-6-19/h1-3,5-6,8,16H,4,7,9-15,17-18H2,(H,23,27). The topological polar surface area (TPSA) is 38.8 Å². The summed E-state index contributed by atoms with van der Waals surface area (Å²) in [4.78, 5) is 20.8. The van der Waals surface area contributed by atoms with Crippen molar-refractivity contribution in [2.45, 2.75) is 25.9 Å². The molecule has 5 nitrogen and oxygen atoms in total. The first kappa shape index (κ1) is 19.4. The van der Waals surface area contributed by atoms with Crippen LogP contribution in [0.5, 0.6) is 0 Å². The van der Waals surface area contributed by atoms with E-state index in [1.54, 1.807) is 0 Å². The normalized spacial score (nSPS) is 18.1. The van der Waals surface area contributed by atoms with Crippen LogP contribution in [0.4, 0.5) is 4.79 Å². The lowest BCUT2D eigenvalue weighted by Gasteiger charge is -2.34. The minimum absolute atomic E-state index is 0.0875. The van der Waals surface area contributed by atoms with E-state index in [4.69, 9.17) is 0 Å². The quantitative estimate of drug-likeness (QED) is 0.761. The molecule has 1 fully saturated rings. The van der Waals surface area contributed by atoms with E-state index < -0.39 is 0 Å². The number of carbonyl (C=O) groups is 1. The van der Waals surface area contributed by atoms with Gasteiger partial charge in [0.2, 0.25) is 0 Å². The maximum absolute atomic E-state index is 12.4. The second-order valence-electron chi connectivity index (χ2n) is 7.73. The van der Waals surface area contributed by atoms with Crippen molar-refractivity contribution in [1.29, 1.82) is 0 Å². The van der Waals surface area contributed by atoms with E-state index in [0.29, 0.717) is 0 Å². The van der Waals surface area contributed by atoms with Crippen LogP contribution < -0.4 is 5.32 Å². The van der Waals surface area contributed by atoms with Crippen LogP contribution in [0.3, 0.4) is 0 Å². The zero-order chi connectivity index (χ0) is 19.2. The van der Waals surface area contributed by atoms with Crippen LogP contribution in [-0.4, -0.2) is 66.5 Å². The highest BCUT2D eigenvalue weighted by Gasteiger charge is 2.21. The molecule has 0 saturated carbocycles. The molecule has 150 valence electrons. The summed E-state index contributed by atoms with van der Waals surface area (Å²) in [5.74, 6) is 0. The van der Waals surface area contributed by atoms with Crippen molar-refractivity contribution in [2.24, 2.45) is 0 Å². The van der Waals surface area contributed by atoms with Gasteiger partial charge in [-0.1, -0.05) is 30.3 Å². The van der Waals surface area contributed by atoms with E-state index in [-0.39, 0.29) is 6.03 Å². The Kier molecular flexibility index (Phi) is 6.62. The third-order valence-corrected chi connectivity index (χ3v) is 6.76. The number of hydrogen-bond donors (Lipinski definition) is 1. The number of hydrogen-bond acceptors (Lipinski definition) is 4. The molecule has 0 radical (unpaired) electrons. The van der Waals surface area contributed by atoms with Gasteiger partial charge in [0.25, 0.3) is 0 Å². The summed E-state index contributed by atoms with van der Waals surface area (Å²) in [6.07, 6.45) is 2.01. The highest BCUT2D eigenvalue weighted by Crippen LogP contribution is 2.23. The van der Waals surface area contributed by atoms with Gasteiger partial charge in [0.15, 0.2) is 0 Å². The third kappa shape index (κ3) is 5.13. The second kappa shape index (κ2) is 9.54. The van der Waals surface area contributed by atoms with E-state index >= 15 is 0 Å². The molecule has 2 aromatic rings. The monoisotopic (exact) mass is 398 g/mol. The molecule has 6 heteroatoms. The fourth-order valence-corrected chi connectivity index (χ4v) is 4.93. The minimum atomic E-state index is 0.0875. The third-order valence-electron chi connectivity index (χ3n) is 5.74. The molecular formula is C22H30N4OS. The lowest BCUT2D eigenvalue weighted by molar-refractivity contribution is 0.126. The van der Waals surface area contributed by atoms with Crippen LogP contribution in [0.25, 0.3) is 0 Å². The number of nitrogens with zero attached hydrogens (tertiary/aromatic N) is 3. The number of rotatable bonds is 6. The van der Waals surface area contributed by atoms with Gasteiger partial charge in [-0.15, -0.1) is 11.3 Å². The van der Waals surface area contributed by atoms with Gasteiger partial charge in [-0.3, -0.25) is 4.90 Å². The van der Waals surface area contributed by atoms with Crippen LogP contribution in [0.2, 0.25) is 0 Å². The van der Waals surface area contributed by atoms with Gasteiger partial charge < -0.3 is 15.1 Å². The number of thiophene rings is 1. The highest BCUT2D eigenvalue weighted by molar-refractivity contribution is 7.10. The first-order valence-corrected chi connectivity index (χ1v) is 11.2. The van der Waals surface area contributed by atoms with Crippen LogP contribution >= 0.6 is 11.3 Å². The number of carbonyl (C=O) groups excluding carboxylic acids is 1. The first-order chi connectivity index (χ1) is 13.8. The average molecular weight is 399 g/mol. The Balaban J connectivity index is 1.10. The summed E-state index contributed by atoms with van der Waals surface area (Å²) in [7, 11) is 0. The zero-order valence-electron chi connectivity index (χ0n) is 16.5. The Hall–Kier alpha value is -1.89. The summed E-state index contributed by atoms with van der Waals surface area (Å²) < 4.78 is 0. The Bertz CT molecular complexity index is 755. The summed E-state index contributed by atoms with van der Waals surface area (Å²) in [5, 5.41) is 5.24. The van der Waals surface area contributed by atoms with Crippen molar-refractivity contribution in [2.75, 3.05) is 45.8 Å². The number of nitrogens with one attached hydrogen (secondary N) is 1. The maximum Gasteiger partial charge on any atom is 0.317 e. The van der Waals surface area contributed by atoms with Crippen LogP contribution in [0.1, 0.15) is 22.4 Å². The molecular weight excluding hydrogens is 368 g/mol. The van der Waals surface area contributed by atoms with E-state index in [9.17, 15) is 4.79 Å². The van der Waals surface area contributed by atoms with Gasteiger partial charge in [0.1, 0.15) is 0 Å². The molecule has 4 rings (SSSR count). The molecule has 3 heterocycles. The Morgan fingerprint density at radius 1 is 1.00 bits per heavy atom. The molecule has 1 N–H and O–H groups in total. The van der Waals surface area contributed by atoms with E-state index in [1.165, 1.54) is 16.0 Å². The van der Waals surface area contributed by atoms with Crippen molar-refractivity contribution < 1.29 is 4.79 Å². The molecule has 0 atom stereocenters. The molecule has 0 unspecified atom stereocenters. The molecule has 2 amide bonds. The van der Waals surface area contributed by atoms with Gasteiger partial charge in [-0.05, 0) is 42.0 Å². The van der Waals surface area contributed by atoms with Crippen LogP contribution in [0, 0.1) is 0 Å². The summed E-state index contributed by atoms with van der Waals surface area (Å²) >= 11 is 1.81. The fourth-order valence-electron chi connectivity index (χ4n) is 4.04. The van der Waals surface area contributed by atoms with Gasteiger partial charge in [0.05, 0.1) is 0 Å². The minimum Gasteiger partial charge on any atom is -0.338 e. The second-order valence-corrected chi connectivity index (χ2v) is 8.73. The van der Waals surface area contributed by atoms with Crippen molar-refractivity contribution in [3.63, 3.8) is 0 Å². The van der Waals surface area contributed by atoms with Crippen LogP contribution in [-0.2, 0) is 19.5 Å². The number of piperazine rings is 1. The lowest BCUT2D eigenvalue weighted by atomic mass is 10.1. The van der Waals surface area contributed by atoms with Gasteiger partial charge in [-0.2, -0.15) is 0 Å². The van der Waals surface area contributed by atoms with Crippen molar-refractivity contribution in [3.05, 3.63) is 57.8 Å². The predicted octanol–water partition coefficient (Wildman–Crippen LogP) is 3.02. The zero-order valence-corrected chi connectivity index (χ0v) is 17.3. The average Bonchev–Trinajstić information content (AvgIpc) is 3.21. The molecule has 2 aliphatic heterocycles. The molecule has 0 bridgehead atoms. The van der Waals surface area contributed by atoms with Crippen molar-refractivity contribution >= 4 is 17.4 Å². The Morgan fingerprint density at radius 2 is 1.79 bits per heavy atom. The van der Waals surface area contributed by atoms with Crippen molar-refractivity contribution in [3.8, 4) is 0 Å². The number of benzene rings is 1. The van der Waals surface area contributed by atoms with Gasteiger partial charge in [-0.25, -0.2) is 4.79 Å². The molecule has 1 aromatic heterocycles. The van der Waals surface area contributed by atoms with Crippen LogP contribution in [0.15, 0.2) is 41.8 Å². The van der Waals surface area contributed by atoms with E-state index in [0.717, 1.165) is 71.7 Å². The molecule has 0 aliphatic carbocycles. The van der Waals surface area contributed by atoms with Gasteiger partial charge in [0, 0.05) is 57.2 Å². The predicted molar refractivity (Wildman–Crippen MR) is 115 cm³/mol. The smallest absolute Gasteiger partial charge is 0.317 e. The number of fused-ring (bicyclic) bond motifs is 1. The molecule has 0 spiro atoms. The van der Waals surface area contributed by atoms with E-state index in [2.05, 4.69) is 56.9 Å². The largest absolute Gasteiger partial charge is 0.338 e. The first-order valence-electron chi connectivity index (χ1n) is 10.3. The summed E-state index contributed by atoms with van der Waals surface area (Å²) in [6.45, 7) is 8.95. The molecule has 1 saturated heterocycles. The van der Waals surface area contributed by atoms with Gasteiger partial charge >= 0.3 is 6.03 Å². The lowest BCUT2D eigenvalue weighted by Crippen LogP contribution is -2.47. The summed E-state index contributed by atoms with van der Waals surface area (Å²) in [6, 6.07) is 12.9. The Morgan fingerprint density at radius 3 is 2.61 bits per heavy atom. The fraction of sp³-hybridized carbons (Fsp3) is 0.500. The molecule has 28 heavy (non-hydrogen) atoms. The number of amides is 2. The maximum atomic E-state index is 12.4. The SMILES string of the molecule is O=C(NCCCN1CCN(Cc2ccccc2)CC1)N1CCc2sccc2C1. The van der Waals surface area contributed by atoms with Crippen molar-refractivity contribution in [1.82, 2.24) is 20.0 Å². The molecule has 2 aliphatic rings. The molecule has 1 aromatic carbocycles.